The maximum Gasteiger partial charge on any atom is 0.330 e. The van der Waals surface area contributed by atoms with Crippen LogP contribution in [0.25, 0.3) is 0 Å². The van der Waals surface area contributed by atoms with Crippen molar-refractivity contribution in [3.63, 3.8) is 0 Å². The average Bonchev–Trinajstić information content (AvgIpc) is 2.59. The Morgan fingerprint density at radius 2 is 1.92 bits per heavy atom. The second-order valence-corrected chi connectivity index (χ2v) is 7.47. The van der Waals surface area contributed by atoms with Gasteiger partial charge in [-0.05, 0) is 25.2 Å². The Morgan fingerprint density at radius 1 is 1.17 bits per heavy atom. The zero-order valence-electron chi connectivity index (χ0n) is 13.3. The van der Waals surface area contributed by atoms with Crippen molar-refractivity contribution in [2.45, 2.75) is 9.79 Å². The first-order valence-corrected chi connectivity index (χ1v) is 9.03. The van der Waals surface area contributed by atoms with Crippen LogP contribution in [0.15, 0.2) is 46.3 Å². The third kappa shape index (κ3) is 2.75. The summed E-state index contributed by atoms with van der Waals surface area (Å²) in [5.41, 5.74) is 0.883. The zero-order chi connectivity index (χ0) is 16.7. The molecule has 0 unspecified atom stereocenters. The van der Waals surface area contributed by atoms with Gasteiger partial charge in [0.15, 0.2) is 5.82 Å². The maximum absolute atomic E-state index is 13.2. The van der Waals surface area contributed by atoms with E-state index in [1.54, 1.807) is 22.9 Å². The van der Waals surface area contributed by atoms with Gasteiger partial charge in [0.2, 0.25) is 0 Å². The van der Waals surface area contributed by atoms with Crippen LogP contribution < -0.4 is 4.90 Å². The number of fused-ring (bicyclic) bond motifs is 2. The quantitative estimate of drug-likeness (QED) is 0.718. The molecule has 124 valence electrons. The summed E-state index contributed by atoms with van der Waals surface area (Å²) in [5, 5.41) is 0.577. The topological polar surface area (TPSA) is 39.7 Å². The number of rotatable bonds is 0. The number of hydrogen-bond donors (Lipinski definition) is 0. The van der Waals surface area contributed by atoms with Crippen LogP contribution in [0.3, 0.4) is 0 Å². The maximum atomic E-state index is 13.2. The Balaban J connectivity index is 1.75. The number of anilines is 2. The fourth-order valence-corrected chi connectivity index (χ4v) is 4.24. The summed E-state index contributed by atoms with van der Waals surface area (Å²) in [5.74, 6) is 0.659. The minimum atomic E-state index is -0.0214. The molecule has 1 aromatic heterocycles. The summed E-state index contributed by atoms with van der Waals surface area (Å²) in [6, 6.07) is 9.77. The Kier molecular flexibility index (Phi) is 4.12. The lowest BCUT2D eigenvalue weighted by atomic mass is 10.2. The summed E-state index contributed by atoms with van der Waals surface area (Å²) < 4.78 is 0. The molecule has 0 N–H and O–H groups in total. The molecule has 0 saturated carbocycles. The van der Waals surface area contributed by atoms with Gasteiger partial charge >= 0.3 is 6.03 Å². The van der Waals surface area contributed by atoms with Gasteiger partial charge in [-0.2, -0.15) is 0 Å². The van der Waals surface area contributed by atoms with Gasteiger partial charge in [0.1, 0.15) is 0 Å². The van der Waals surface area contributed by atoms with Gasteiger partial charge in [-0.3, -0.25) is 0 Å². The van der Waals surface area contributed by atoms with Crippen molar-refractivity contribution in [2.24, 2.45) is 0 Å². The molecule has 1 fully saturated rings. The van der Waals surface area contributed by atoms with Gasteiger partial charge in [-0.1, -0.05) is 35.5 Å². The average molecular weight is 361 g/mol. The van der Waals surface area contributed by atoms with Crippen molar-refractivity contribution in [1.82, 2.24) is 14.8 Å². The first kappa shape index (κ1) is 15.7. The summed E-state index contributed by atoms with van der Waals surface area (Å²) in [6.45, 7) is 3.22. The number of urea groups is 1. The van der Waals surface area contributed by atoms with Gasteiger partial charge in [0, 0.05) is 37.3 Å². The third-order valence-electron chi connectivity index (χ3n) is 4.30. The third-order valence-corrected chi connectivity index (χ3v) is 5.59. The van der Waals surface area contributed by atoms with Gasteiger partial charge in [0.05, 0.1) is 15.6 Å². The molecule has 0 spiro atoms. The van der Waals surface area contributed by atoms with Crippen LogP contribution in [-0.4, -0.2) is 54.0 Å². The standard InChI is InChI=1S/C17H17ClN4OS/c1-20-6-8-21(9-7-20)17(23)22-13-4-2-3-5-14(13)24-15-10-12(18)11-19-16(15)22/h2-5,10-11H,6-9H2,1H3. The van der Waals surface area contributed by atoms with Crippen molar-refractivity contribution in [1.29, 1.82) is 0 Å². The van der Waals surface area contributed by atoms with Crippen LogP contribution in [-0.2, 0) is 0 Å². The number of halogens is 1. The summed E-state index contributed by atoms with van der Waals surface area (Å²) in [4.78, 5) is 25.5. The first-order valence-electron chi connectivity index (χ1n) is 7.83. The van der Waals surface area contributed by atoms with Crippen molar-refractivity contribution < 1.29 is 4.79 Å². The van der Waals surface area contributed by atoms with E-state index in [1.807, 2.05) is 35.2 Å². The molecule has 24 heavy (non-hydrogen) atoms. The van der Waals surface area contributed by atoms with Crippen LogP contribution in [0, 0.1) is 0 Å². The molecule has 1 aromatic carbocycles. The molecule has 0 aliphatic carbocycles. The second kappa shape index (κ2) is 6.27. The van der Waals surface area contributed by atoms with Crippen molar-refractivity contribution >= 4 is 40.9 Å². The van der Waals surface area contributed by atoms with Gasteiger partial charge in [-0.25, -0.2) is 14.7 Å². The molecule has 2 amide bonds. The van der Waals surface area contributed by atoms with Crippen molar-refractivity contribution in [3.8, 4) is 0 Å². The molecule has 2 aliphatic rings. The molecule has 0 bridgehead atoms. The van der Waals surface area contributed by atoms with E-state index in [9.17, 15) is 4.79 Å². The molecule has 3 heterocycles. The summed E-state index contributed by atoms with van der Waals surface area (Å²) in [6.07, 6.45) is 1.60. The van der Waals surface area contributed by atoms with E-state index in [4.69, 9.17) is 11.6 Å². The Labute approximate surface area is 150 Å². The lowest BCUT2D eigenvalue weighted by Crippen LogP contribution is -2.51. The molecule has 0 radical (unpaired) electrons. The minimum Gasteiger partial charge on any atom is -0.321 e. The van der Waals surface area contributed by atoms with Crippen LogP contribution in [0.4, 0.5) is 16.3 Å². The number of piperazine rings is 1. The fraction of sp³-hybridized carbons (Fsp3) is 0.294. The normalized spacial score (nSPS) is 17.4. The van der Waals surface area contributed by atoms with E-state index in [0.29, 0.717) is 10.8 Å². The number of carbonyl (C=O) groups excluding carboxylic acids is 1. The highest BCUT2D eigenvalue weighted by Crippen LogP contribution is 2.48. The van der Waals surface area contributed by atoms with E-state index in [-0.39, 0.29) is 6.03 Å². The number of pyridine rings is 1. The molecule has 2 aliphatic heterocycles. The number of carbonyl (C=O) groups is 1. The molecule has 2 aromatic rings. The highest BCUT2D eigenvalue weighted by atomic mass is 35.5. The van der Waals surface area contributed by atoms with Gasteiger partial charge in [0.25, 0.3) is 0 Å². The van der Waals surface area contributed by atoms with Crippen LogP contribution in [0.2, 0.25) is 5.02 Å². The van der Waals surface area contributed by atoms with Crippen molar-refractivity contribution in [2.75, 3.05) is 38.1 Å². The van der Waals surface area contributed by atoms with Crippen LogP contribution in [0.5, 0.6) is 0 Å². The van der Waals surface area contributed by atoms with Crippen molar-refractivity contribution in [3.05, 3.63) is 41.6 Å². The SMILES string of the molecule is CN1CCN(C(=O)N2c3ccccc3Sc3cc(Cl)cnc32)CC1. The zero-order valence-corrected chi connectivity index (χ0v) is 14.8. The minimum absolute atomic E-state index is 0.0214. The molecule has 0 atom stereocenters. The van der Waals surface area contributed by atoms with Gasteiger partial charge < -0.3 is 9.80 Å². The van der Waals surface area contributed by atoms with E-state index in [2.05, 4.69) is 16.9 Å². The lowest BCUT2D eigenvalue weighted by molar-refractivity contribution is 0.161. The second-order valence-electron chi connectivity index (χ2n) is 5.95. The number of amides is 2. The molecule has 5 nitrogen and oxygen atoms in total. The number of para-hydroxylation sites is 1. The molecular weight excluding hydrogens is 344 g/mol. The summed E-state index contributed by atoms with van der Waals surface area (Å²) in [7, 11) is 2.08. The van der Waals surface area contributed by atoms with Crippen LogP contribution >= 0.6 is 23.4 Å². The first-order chi connectivity index (χ1) is 11.6. The number of hydrogen-bond acceptors (Lipinski definition) is 4. The highest BCUT2D eigenvalue weighted by Gasteiger charge is 2.33. The van der Waals surface area contributed by atoms with E-state index in [1.165, 1.54) is 0 Å². The number of likely N-dealkylation sites (N-methyl/N-ethyl adjacent to an activating group) is 1. The number of nitrogens with zero attached hydrogens (tertiary/aromatic N) is 4. The molecular formula is C17H17ClN4OS. The lowest BCUT2D eigenvalue weighted by Gasteiger charge is -2.37. The van der Waals surface area contributed by atoms with E-state index in [0.717, 1.165) is 41.7 Å². The monoisotopic (exact) mass is 360 g/mol. The molecule has 7 heteroatoms. The number of benzene rings is 1. The van der Waals surface area contributed by atoms with E-state index < -0.39 is 0 Å². The molecule has 4 rings (SSSR count). The molecule has 1 saturated heterocycles. The van der Waals surface area contributed by atoms with Gasteiger partial charge in [-0.15, -0.1) is 0 Å². The largest absolute Gasteiger partial charge is 0.330 e. The predicted octanol–water partition coefficient (Wildman–Crippen LogP) is 3.71. The number of aromatic nitrogens is 1. The smallest absolute Gasteiger partial charge is 0.321 e. The summed E-state index contributed by atoms with van der Waals surface area (Å²) >= 11 is 7.70. The Morgan fingerprint density at radius 3 is 2.71 bits per heavy atom. The predicted molar refractivity (Wildman–Crippen MR) is 96.4 cm³/mol. The Bertz CT molecular complexity index is 792. The van der Waals surface area contributed by atoms with Crippen LogP contribution in [0.1, 0.15) is 0 Å². The fourth-order valence-electron chi connectivity index (χ4n) is 2.95. The highest BCUT2D eigenvalue weighted by molar-refractivity contribution is 7.99. The Hall–Kier alpha value is -1.76. The van der Waals surface area contributed by atoms with E-state index >= 15 is 0 Å².